The second kappa shape index (κ2) is 11.7. The van der Waals surface area contributed by atoms with Gasteiger partial charge in [0.25, 0.3) is 0 Å². The molecule has 162 valence electrons. The van der Waals surface area contributed by atoms with Crippen molar-refractivity contribution in [3.8, 4) is 0 Å². The number of ether oxygens (including phenoxy) is 3. The van der Waals surface area contributed by atoms with Crippen molar-refractivity contribution in [1.82, 2.24) is 5.32 Å². The van der Waals surface area contributed by atoms with E-state index >= 15 is 0 Å². The molecule has 1 atom stereocenters. The molecule has 28 heavy (non-hydrogen) atoms. The van der Waals surface area contributed by atoms with E-state index in [1.165, 1.54) is 6.08 Å². The molecular weight excluding hydrogens is 369 g/mol. The molecular formula is C20H34FNO6. The molecule has 0 fully saturated rings. The standard InChI is InChI=1S/C20H34FNO6/c1-8-26-16(23)14(10-9-13-21)11-12-15(17(24)27-19(2,3)4)22-18(25)28-20(5,6)7/h11,15H,8-10,12-13H2,1-7H3,(H,22,25)/b14-11+/t15-/m0/s1. The molecule has 0 saturated carbocycles. The van der Waals surface area contributed by atoms with Crippen molar-refractivity contribution in [3.63, 3.8) is 0 Å². The molecule has 0 aliphatic rings. The van der Waals surface area contributed by atoms with E-state index in [0.717, 1.165) is 0 Å². The summed E-state index contributed by atoms with van der Waals surface area (Å²) in [5, 5.41) is 2.47. The maximum atomic E-state index is 12.5. The van der Waals surface area contributed by atoms with Crippen LogP contribution in [0.5, 0.6) is 0 Å². The minimum Gasteiger partial charge on any atom is -0.463 e. The highest BCUT2D eigenvalue weighted by Gasteiger charge is 2.28. The predicted octanol–water partition coefficient (Wildman–Crippen LogP) is 3.85. The van der Waals surface area contributed by atoms with Gasteiger partial charge in [0.2, 0.25) is 0 Å². The number of amides is 1. The average Bonchev–Trinajstić information content (AvgIpc) is 2.50. The molecule has 8 heteroatoms. The van der Waals surface area contributed by atoms with Gasteiger partial charge in [0.1, 0.15) is 17.2 Å². The summed E-state index contributed by atoms with van der Waals surface area (Å²) in [5.74, 6) is -1.24. The van der Waals surface area contributed by atoms with Gasteiger partial charge in [-0.3, -0.25) is 4.39 Å². The molecule has 1 amide bonds. The lowest BCUT2D eigenvalue weighted by molar-refractivity contribution is -0.157. The summed E-state index contributed by atoms with van der Waals surface area (Å²) in [6.45, 7) is 11.5. The molecule has 0 unspecified atom stereocenters. The van der Waals surface area contributed by atoms with Crippen molar-refractivity contribution in [2.24, 2.45) is 0 Å². The van der Waals surface area contributed by atoms with E-state index in [1.54, 1.807) is 48.5 Å². The fourth-order valence-corrected chi connectivity index (χ4v) is 2.07. The third-order valence-corrected chi connectivity index (χ3v) is 3.10. The number of esters is 2. The predicted molar refractivity (Wildman–Crippen MR) is 104 cm³/mol. The van der Waals surface area contributed by atoms with Crippen LogP contribution in [0.15, 0.2) is 11.6 Å². The van der Waals surface area contributed by atoms with Crippen LogP contribution in [0.3, 0.4) is 0 Å². The molecule has 0 heterocycles. The van der Waals surface area contributed by atoms with Crippen molar-refractivity contribution in [2.75, 3.05) is 13.3 Å². The lowest BCUT2D eigenvalue weighted by Gasteiger charge is -2.26. The Bertz CT molecular complexity index is 560. The quantitative estimate of drug-likeness (QED) is 0.357. The maximum absolute atomic E-state index is 12.5. The van der Waals surface area contributed by atoms with Gasteiger partial charge in [-0.25, -0.2) is 14.4 Å². The molecule has 7 nitrogen and oxygen atoms in total. The molecule has 0 rings (SSSR count). The zero-order valence-electron chi connectivity index (χ0n) is 18.0. The third-order valence-electron chi connectivity index (χ3n) is 3.10. The lowest BCUT2D eigenvalue weighted by atomic mass is 10.1. The van der Waals surface area contributed by atoms with Crippen molar-refractivity contribution in [3.05, 3.63) is 11.6 Å². The second-order valence-corrected chi connectivity index (χ2v) is 8.21. The average molecular weight is 403 g/mol. The van der Waals surface area contributed by atoms with Crippen LogP contribution < -0.4 is 5.32 Å². The van der Waals surface area contributed by atoms with E-state index in [4.69, 9.17) is 14.2 Å². The summed E-state index contributed by atoms with van der Waals surface area (Å²) in [6.07, 6.45) is 0.997. The van der Waals surface area contributed by atoms with Gasteiger partial charge in [0, 0.05) is 5.57 Å². The first-order valence-corrected chi connectivity index (χ1v) is 9.43. The Hall–Kier alpha value is -2.12. The highest BCUT2D eigenvalue weighted by molar-refractivity contribution is 5.88. The fraction of sp³-hybridized carbons (Fsp3) is 0.750. The van der Waals surface area contributed by atoms with Crippen LogP contribution in [-0.4, -0.2) is 48.6 Å². The van der Waals surface area contributed by atoms with Crippen LogP contribution in [-0.2, 0) is 23.8 Å². The zero-order valence-corrected chi connectivity index (χ0v) is 18.0. The van der Waals surface area contributed by atoms with Crippen LogP contribution in [0, 0.1) is 0 Å². The van der Waals surface area contributed by atoms with Crippen LogP contribution in [0.25, 0.3) is 0 Å². The first-order chi connectivity index (χ1) is 12.8. The van der Waals surface area contributed by atoms with Crippen molar-refractivity contribution in [2.45, 2.75) is 85.0 Å². The summed E-state index contributed by atoms with van der Waals surface area (Å²) in [6, 6.07) is -1.07. The molecule has 0 aromatic carbocycles. The number of carbonyl (C=O) groups excluding carboxylic acids is 3. The van der Waals surface area contributed by atoms with Gasteiger partial charge in [-0.05, 0) is 67.7 Å². The third kappa shape index (κ3) is 12.3. The van der Waals surface area contributed by atoms with Crippen molar-refractivity contribution < 1.29 is 33.0 Å². The number of hydrogen-bond acceptors (Lipinski definition) is 6. The first kappa shape index (κ1) is 25.9. The highest BCUT2D eigenvalue weighted by atomic mass is 19.1. The Balaban J connectivity index is 5.42. The Morgan fingerprint density at radius 2 is 1.61 bits per heavy atom. The lowest BCUT2D eigenvalue weighted by Crippen LogP contribution is -2.45. The van der Waals surface area contributed by atoms with Crippen molar-refractivity contribution in [1.29, 1.82) is 0 Å². The minimum absolute atomic E-state index is 0.0193. The van der Waals surface area contributed by atoms with Gasteiger partial charge >= 0.3 is 18.0 Å². The highest BCUT2D eigenvalue weighted by Crippen LogP contribution is 2.15. The monoisotopic (exact) mass is 403 g/mol. The molecule has 0 radical (unpaired) electrons. The number of halogens is 1. The molecule has 0 spiro atoms. The zero-order chi connectivity index (χ0) is 22.0. The van der Waals surface area contributed by atoms with Crippen LogP contribution in [0.1, 0.15) is 67.7 Å². The normalized spacial score (nSPS) is 13.5. The fourth-order valence-electron chi connectivity index (χ4n) is 2.07. The van der Waals surface area contributed by atoms with E-state index in [2.05, 4.69) is 5.32 Å². The van der Waals surface area contributed by atoms with E-state index in [9.17, 15) is 18.8 Å². The Kier molecular flexibility index (Phi) is 10.8. The van der Waals surface area contributed by atoms with Gasteiger partial charge in [-0.15, -0.1) is 0 Å². The summed E-state index contributed by atoms with van der Waals surface area (Å²) < 4.78 is 28.0. The van der Waals surface area contributed by atoms with Gasteiger partial charge in [-0.1, -0.05) is 6.08 Å². The Morgan fingerprint density at radius 1 is 1.04 bits per heavy atom. The molecule has 0 bridgehead atoms. The summed E-state index contributed by atoms with van der Waals surface area (Å²) in [5.41, 5.74) is -1.25. The van der Waals surface area contributed by atoms with E-state index in [0.29, 0.717) is 0 Å². The number of hydrogen-bond donors (Lipinski definition) is 1. The number of alkyl carbamates (subject to hydrolysis) is 1. The van der Waals surface area contributed by atoms with Gasteiger partial charge in [-0.2, -0.15) is 0 Å². The number of carbonyl (C=O) groups is 3. The molecule has 0 saturated heterocycles. The molecule has 1 N–H and O–H groups in total. The summed E-state index contributed by atoms with van der Waals surface area (Å²) in [7, 11) is 0. The van der Waals surface area contributed by atoms with Crippen LogP contribution in [0.4, 0.5) is 9.18 Å². The second-order valence-electron chi connectivity index (χ2n) is 8.21. The van der Waals surface area contributed by atoms with Gasteiger partial charge in [0.15, 0.2) is 0 Å². The van der Waals surface area contributed by atoms with E-state index < -0.39 is 42.0 Å². The SMILES string of the molecule is CCOC(=O)/C(=C/C[C@H](NC(=O)OC(C)(C)C)C(=O)OC(C)(C)C)CCCF. The Labute approximate surface area is 167 Å². The topological polar surface area (TPSA) is 90.9 Å². The number of alkyl halides is 1. The Morgan fingerprint density at radius 3 is 2.07 bits per heavy atom. The molecule has 0 aliphatic heterocycles. The van der Waals surface area contributed by atoms with Crippen LogP contribution in [0.2, 0.25) is 0 Å². The largest absolute Gasteiger partial charge is 0.463 e. The maximum Gasteiger partial charge on any atom is 0.408 e. The van der Waals surface area contributed by atoms with Gasteiger partial charge < -0.3 is 19.5 Å². The molecule has 0 aromatic rings. The number of nitrogens with one attached hydrogen (secondary N) is 1. The van der Waals surface area contributed by atoms with Gasteiger partial charge in [0.05, 0.1) is 13.3 Å². The molecule has 0 aromatic heterocycles. The van der Waals surface area contributed by atoms with Crippen molar-refractivity contribution >= 4 is 18.0 Å². The van der Waals surface area contributed by atoms with E-state index in [1.807, 2.05) is 0 Å². The summed E-state index contributed by atoms with van der Waals surface area (Å²) >= 11 is 0. The van der Waals surface area contributed by atoms with Crippen LogP contribution >= 0.6 is 0 Å². The smallest absolute Gasteiger partial charge is 0.408 e. The molecule has 0 aliphatic carbocycles. The summed E-state index contributed by atoms with van der Waals surface area (Å²) in [4.78, 5) is 36.6. The number of rotatable bonds is 9. The van der Waals surface area contributed by atoms with E-state index in [-0.39, 0.29) is 31.4 Å². The minimum atomic E-state index is -1.07. The first-order valence-electron chi connectivity index (χ1n) is 9.43.